The Morgan fingerprint density at radius 3 is 2.36 bits per heavy atom. The van der Waals surface area contributed by atoms with E-state index in [-0.39, 0.29) is 10.7 Å². The first kappa shape index (κ1) is 24.8. The monoisotopic (exact) mass is 505 g/mol. The summed E-state index contributed by atoms with van der Waals surface area (Å²) in [4.78, 5) is 39.9. The number of benzene rings is 3. The van der Waals surface area contributed by atoms with Crippen molar-refractivity contribution in [1.29, 1.82) is 0 Å². The standard InChI is InChI=1S/C27H24ClN3O5/c1-15-8-9-19(12-16(15)2)31-26(33)23(28)24(27(31)34)29-18-7-5-6-17(13-18)25(32)30-21-14-20(35-3)10-11-22(21)36-4/h5-14,29H,1-4H3,(H,30,32). The lowest BCUT2D eigenvalue weighted by atomic mass is 10.1. The maximum atomic E-state index is 13.1. The minimum atomic E-state index is -0.619. The molecule has 8 nitrogen and oxygen atoms in total. The summed E-state index contributed by atoms with van der Waals surface area (Å²) in [5, 5.41) is 5.48. The number of nitrogens with zero attached hydrogens (tertiary/aromatic N) is 1. The van der Waals surface area contributed by atoms with Gasteiger partial charge in [0.2, 0.25) is 0 Å². The Bertz CT molecular complexity index is 1420. The van der Waals surface area contributed by atoms with Crippen LogP contribution in [0.1, 0.15) is 21.5 Å². The van der Waals surface area contributed by atoms with Crippen molar-refractivity contribution in [2.24, 2.45) is 0 Å². The van der Waals surface area contributed by atoms with E-state index in [2.05, 4.69) is 10.6 Å². The molecular weight excluding hydrogens is 482 g/mol. The minimum Gasteiger partial charge on any atom is -0.497 e. The summed E-state index contributed by atoms with van der Waals surface area (Å²) in [5.41, 5.74) is 3.51. The van der Waals surface area contributed by atoms with Crippen LogP contribution in [0, 0.1) is 13.8 Å². The van der Waals surface area contributed by atoms with Gasteiger partial charge in [0, 0.05) is 17.3 Å². The molecule has 0 aliphatic carbocycles. The molecule has 2 N–H and O–H groups in total. The maximum Gasteiger partial charge on any atom is 0.283 e. The zero-order valence-electron chi connectivity index (χ0n) is 20.1. The van der Waals surface area contributed by atoms with Crippen LogP contribution in [0.2, 0.25) is 0 Å². The fraction of sp³-hybridized carbons (Fsp3) is 0.148. The molecule has 0 saturated heterocycles. The number of halogens is 1. The lowest BCUT2D eigenvalue weighted by Gasteiger charge is -2.16. The third-order valence-electron chi connectivity index (χ3n) is 5.82. The number of imide groups is 1. The van der Waals surface area contributed by atoms with Gasteiger partial charge in [0.25, 0.3) is 17.7 Å². The van der Waals surface area contributed by atoms with Gasteiger partial charge in [0.1, 0.15) is 22.2 Å². The number of rotatable bonds is 7. The Kier molecular flexibility index (Phi) is 6.98. The second-order valence-electron chi connectivity index (χ2n) is 8.13. The smallest absolute Gasteiger partial charge is 0.283 e. The van der Waals surface area contributed by atoms with Gasteiger partial charge in [0.15, 0.2) is 0 Å². The van der Waals surface area contributed by atoms with E-state index in [0.29, 0.717) is 34.1 Å². The van der Waals surface area contributed by atoms with Gasteiger partial charge < -0.3 is 20.1 Å². The van der Waals surface area contributed by atoms with Gasteiger partial charge in [-0.1, -0.05) is 23.7 Å². The molecule has 0 unspecified atom stereocenters. The number of amides is 3. The quantitative estimate of drug-likeness (QED) is 0.438. The zero-order chi connectivity index (χ0) is 26.0. The van der Waals surface area contributed by atoms with E-state index >= 15 is 0 Å². The van der Waals surface area contributed by atoms with Crippen LogP contribution in [0.5, 0.6) is 11.5 Å². The molecular formula is C27H24ClN3O5. The molecule has 1 aliphatic heterocycles. The van der Waals surface area contributed by atoms with E-state index in [1.807, 2.05) is 19.9 Å². The van der Waals surface area contributed by atoms with Gasteiger partial charge in [-0.3, -0.25) is 14.4 Å². The van der Waals surface area contributed by atoms with Crippen molar-refractivity contribution in [3.8, 4) is 11.5 Å². The topological polar surface area (TPSA) is 97.0 Å². The largest absolute Gasteiger partial charge is 0.497 e. The van der Waals surface area contributed by atoms with Crippen LogP contribution in [-0.4, -0.2) is 31.9 Å². The SMILES string of the molecule is COc1ccc(OC)c(NC(=O)c2cccc(NC3=C(Cl)C(=O)N(c4ccc(C)c(C)c4)C3=O)c2)c1. The summed E-state index contributed by atoms with van der Waals surface area (Å²) in [7, 11) is 3.03. The van der Waals surface area contributed by atoms with Crippen LogP contribution in [0.3, 0.4) is 0 Å². The van der Waals surface area contributed by atoms with Crippen LogP contribution in [0.4, 0.5) is 17.1 Å². The normalized spacial score (nSPS) is 13.2. The summed E-state index contributed by atoms with van der Waals surface area (Å²) < 4.78 is 10.5. The molecule has 0 saturated carbocycles. The first-order valence-electron chi connectivity index (χ1n) is 11.0. The van der Waals surface area contributed by atoms with E-state index in [0.717, 1.165) is 16.0 Å². The molecule has 0 spiro atoms. The number of nitrogens with one attached hydrogen (secondary N) is 2. The van der Waals surface area contributed by atoms with Crippen molar-refractivity contribution in [2.45, 2.75) is 13.8 Å². The number of aryl methyl sites for hydroxylation is 2. The van der Waals surface area contributed by atoms with E-state index in [4.69, 9.17) is 21.1 Å². The molecule has 3 aromatic carbocycles. The average Bonchev–Trinajstić information content (AvgIpc) is 3.08. The molecule has 3 amide bonds. The fourth-order valence-corrected chi connectivity index (χ4v) is 3.91. The molecule has 3 aromatic rings. The number of hydrogen-bond donors (Lipinski definition) is 2. The van der Waals surface area contributed by atoms with E-state index in [1.165, 1.54) is 14.2 Å². The molecule has 1 heterocycles. The molecule has 0 fully saturated rings. The number of carbonyl (C=O) groups is 3. The van der Waals surface area contributed by atoms with Crippen molar-refractivity contribution in [3.05, 3.63) is 88.1 Å². The summed E-state index contributed by atoms with van der Waals surface area (Å²) in [6.45, 7) is 3.84. The molecule has 0 aromatic heterocycles. The number of hydrogen-bond acceptors (Lipinski definition) is 6. The first-order valence-corrected chi connectivity index (χ1v) is 11.4. The van der Waals surface area contributed by atoms with Gasteiger partial charge in [-0.05, 0) is 67.4 Å². The molecule has 4 rings (SSSR count). The molecule has 184 valence electrons. The van der Waals surface area contributed by atoms with Crippen LogP contribution in [-0.2, 0) is 9.59 Å². The zero-order valence-corrected chi connectivity index (χ0v) is 20.9. The third kappa shape index (κ3) is 4.76. The van der Waals surface area contributed by atoms with E-state index < -0.39 is 17.7 Å². The van der Waals surface area contributed by atoms with Crippen LogP contribution < -0.4 is 25.0 Å². The average molecular weight is 506 g/mol. The highest BCUT2D eigenvalue weighted by atomic mass is 35.5. The van der Waals surface area contributed by atoms with Crippen LogP contribution in [0.25, 0.3) is 0 Å². The Labute approximate surface area is 213 Å². The van der Waals surface area contributed by atoms with Crippen molar-refractivity contribution < 1.29 is 23.9 Å². The van der Waals surface area contributed by atoms with Gasteiger partial charge in [0.05, 0.1) is 25.6 Å². The lowest BCUT2D eigenvalue weighted by Crippen LogP contribution is -2.32. The Hall–Kier alpha value is -4.30. The second-order valence-corrected chi connectivity index (χ2v) is 8.51. The second kappa shape index (κ2) is 10.1. The van der Waals surface area contributed by atoms with Crippen molar-refractivity contribution >= 4 is 46.4 Å². The predicted molar refractivity (Wildman–Crippen MR) is 139 cm³/mol. The Balaban J connectivity index is 1.55. The highest BCUT2D eigenvalue weighted by molar-refractivity contribution is 6.53. The third-order valence-corrected chi connectivity index (χ3v) is 6.18. The minimum absolute atomic E-state index is 0.0630. The molecule has 0 radical (unpaired) electrons. The van der Waals surface area contributed by atoms with Gasteiger partial charge in [-0.2, -0.15) is 0 Å². The number of carbonyl (C=O) groups excluding carboxylic acids is 3. The van der Waals surface area contributed by atoms with E-state index in [1.54, 1.807) is 54.6 Å². The molecule has 0 bridgehead atoms. The molecule has 1 aliphatic rings. The lowest BCUT2D eigenvalue weighted by molar-refractivity contribution is -0.120. The van der Waals surface area contributed by atoms with Crippen LogP contribution >= 0.6 is 11.6 Å². The predicted octanol–water partition coefficient (Wildman–Crippen LogP) is 5.01. The highest BCUT2D eigenvalue weighted by Gasteiger charge is 2.39. The Morgan fingerprint density at radius 2 is 1.67 bits per heavy atom. The first-order chi connectivity index (χ1) is 17.2. The molecule has 0 atom stereocenters. The van der Waals surface area contributed by atoms with Crippen molar-refractivity contribution in [1.82, 2.24) is 0 Å². The Morgan fingerprint density at radius 1 is 0.889 bits per heavy atom. The number of anilines is 3. The van der Waals surface area contributed by atoms with Crippen LogP contribution in [0.15, 0.2) is 71.4 Å². The summed E-state index contributed by atoms with van der Waals surface area (Å²) in [5.74, 6) is -0.579. The summed E-state index contributed by atoms with van der Waals surface area (Å²) >= 11 is 6.26. The molecule has 9 heteroatoms. The number of methoxy groups -OCH3 is 2. The van der Waals surface area contributed by atoms with Gasteiger partial charge in [-0.15, -0.1) is 0 Å². The van der Waals surface area contributed by atoms with Crippen molar-refractivity contribution in [3.63, 3.8) is 0 Å². The summed E-state index contributed by atoms with van der Waals surface area (Å²) in [6.07, 6.45) is 0. The van der Waals surface area contributed by atoms with Gasteiger partial charge in [-0.25, -0.2) is 4.90 Å². The van der Waals surface area contributed by atoms with E-state index in [9.17, 15) is 14.4 Å². The molecule has 36 heavy (non-hydrogen) atoms. The van der Waals surface area contributed by atoms with Crippen molar-refractivity contribution in [2.75, 3.05) is 29.8 Å². The van der Waals surface area contributed by atoms with Gasteiger partial charge >= 0.3 is 0 Å². The number of ether oxygens (including phenoxy) is 2. The fourth-order valence-electron chi connectivity index (χ4n) is 3.70. The maximum absolute atomic E-state index is 13.1. The highest BCUT2D eigenvalue weighted by Crippen LogP contribution is 2.32. The summed E-state index contributed by atoms with van der Waals surface area (Å²) in [6, 6.07) is 16.8.